The lowest BCUT2D eigenvalue weighted by Gasteiger charge is -2.19. The minimum Gasteiger partial charge on any atom is -0.496 e. The van der Waals surface area contributed by atoms with Crippen LogP contribution < -0.4 is 10.1 Å². The van der Waals surface area contributed by atoms with E-state index in [2.05, 4.69) is 5.32 Å². The van der Waals surface area contributed by atoms with Crippen LogP contribution in [0.5, 0.6) is 5.75 Å². The maximum absolute atomic E-state index is 12.2. The monoisotopic (exact) mass is 309 g/mol. The van der Waals surface area contributed by atoms with E-state index in [-0.39, 0.29) is 11.9 Å². The highest BCUT2D eigenvalue weighted by Gasteiger charge is 2.18. The molecule has 5 heteroatoms. The highest BCUT2D eigenvalue weighted by atomic mass is 35.5. The number of amides is 1. The highest BCUT2D eigenvalue weighted by Crippen LogP contribution is 2.28. The van der Waals surface area contributed by atoms with Crippen LogP contribution in [-0.4, -0.2) is 13.0 Å². The number of hydrogen-bond donors (Lipinski definition) is 1. The van der Waals surface area contributed by atoms with Gasteiger partial charge in [-0.2, -0.15) is 0 Å². The molecular formula is C15H16ClNO2S. The Hall–Kier alpha value is -1.52. The second-order valence-corrected chi connectivity index (χ2v) is 6.00. The van der Waals surface area contributed by atoms with Crippen molar-refractivity contribution in [2.24, 2.45) is 0 Å². The van der Waals surface area contributed by atoms with Gasteiger partial charge in [0.1, 0.15) is 5.75 Å². The van der Waals surface area contributed by atoms with Gasteiger partial charge in [-0.25, -0.2) is 0 Å². The molecule has 0 saturated heterocycles. The van der Waals surface area contributed by atoms with Gasteiger partial charge in [-0.1, -0.05) is 36.7 Å². The van der Waals surface area contributed by atoms with Crippen molar-refractivity contribution in [2.75, 3.05) is 7.11 Å². The molecule has 0 aliphatic heterocycles. The molecule has 1 N–H and O–H groups in total. The normalized spacial score (nSPS) is 11.9. The summed E-state index contributed by atoms with van der Waals surface area (Å²) in [7, 11) is 1.63. The zero-order valence-electron chi connectivity index (χ0n) is 11.4. The van der Waals surface area contributed by atoms with E-state index < -0.39 is 0 Å². The lowest BCUT2D eigenvalue weighted by Crippen LogP contribution is -2.27. The van der Waals surface area contributed by atoms with Crippen LogP contribution in [0.1, 0.15) is 34.6 Å². The number of carbonyl (C=O) groups is 1. The van der Waals surface area contributed by atoms with Crippen molar-refractivity contribution in [1.82, 2.24) is 5.32 Å². The molecule has 0 radical (unpaired) electrons. The van der Waals surface area contributed by atoms with Crippen molar-refractivity contribution in [2.45, 2.75) is 19.4 Å². The molecule has 1 unspecified atom stereocenters. The summed E-state index contributed by atoms with van der Waals surface area (Å²) in [4.78, 5) is 12.8. The van der Waals surface area contributed by atoms with Crippen molar-refractivity contribution < 1.29 is 9.53 Å². The highest BCUT2D eigenvalue weighted by molar-refractivity contribution is 7.17. The third kappa shape index (κ3) is 3.32. The average molecular weight is 310 g/mol. The first-order valence-corrected chi connectivity index (χ1v) is 7.54. The van der Waals surface area contributed by atoms with Crippen LogP contribution in [0.2, 0.25) is 4.34 Å². The third-order valence-electron chi connectivity index (χ3n) is 3.02. The minimum absolute atomic E-state index is 0.0838. The molecule has 1 amide bonds. The molecule has 106 valence electrons. The topological polar surface area (TPSA) is 38.3 Å². The van der Waals surface area contributed by atoms with Gasteiger partial charge < -0.3 is 10.1 Å². The number of rotatable bonds is 5. The Morgan fingerprint density at radius 1 is 1.35 bits per heavy atom. The van der Waals surface area contributed by atoms with E-state index in [1.165, 1.54) is 11.3 Å². The minimum atomic E-state index is -0.111. The predicted molar refractivity (Wildman–Crippen MR) is 82.8 cm³/mol. The van der Waals surface area contributed by atoms with Crippen LogP contribution in [0.3, 0.4) is 0 Å². The van der Waals surface area contributed by atoms with Gasteiger partial charge in [0.2, 0.25) is 0 Å². The molecular weight excluding hydrogens is 294 g/mol. The van der Waals surface area contributed by atoms with E-state index in [0.29, 0.717) is 9.21 Å². The molecule has 0 aliphatic carbocycles. The van der Waals surface area contributed by atoms with Gasteiger partial charge in [0, 0.05) is 5.56 Å². The van der Waals surface area contributed by atoms with Crippen LogP contribution in [0.15, 0.2) is 36.4 Å². The molecule has 0 bridgehead atoms. The Balaban J connectivity index is 2.18. The fraction of sp³-hybridized carbons (Fsp3) is 0.267. The van der Waals surface area contributed by atoms with Gasteiger partial charge >= 0.3 is 0 Å². The van der Waals surface area contributed by atoms with Crippen molar-refractivity contribution in [3.05, 3.63) is 51.2 Å². The van der Waals surface area contributed by atoms with Gasteiger partial charge in [0.25, 0.3) is 5.91 Å². The number of benzene rings is 1. The first kappa shape index (κ1) is 14.9. The van der Waals surface area contributed by atoms with Crippen LogP contribution in [0.25, 0.3) is 0 Å². The standard InChI is InChI=1S/C15H16ClNO2S/c1-3-11(10-6-4-5-7-12(10)19-2)17-15(18)13-8-9-14(16)20-13/h4-9,11H,3H2,1-2H3,(H,17,18). The predicted octanol–water partition coefficient (Wildman–Crippen LogP) is 4.29. The molecule has 0 fully saturated rings. The van der Waals surface area contributed by atoms with Crippen molar-refractivity contribution in [3.8, 4) is 5.75 Å². The summed E-state index contributed by atoms with van der Waals surface area (Å²) in [5.74, 6) is 0.670. The number of ether oxygens (including phenoxy) is 1. The summed E-state index contributed by atoms with van der Waals surface area (Å²) < 4.78 is 5.96. The van der Waals surface area contributed by atoms with E-state index >= 15 is 0 Å². The third-order valence-corrected chi connectivity index (χ3v) is 4.25. The number of hydrogen-bond acceptors (Lipinski definition) is 3. The Bertz CT molecular complexity index is 597. The van der Waals surface area contributed by atoms with Gasteiger partial charge in [-0.15, -0.1) is 11.3 Å². The van der Waals surface area contributed by atoms with Crippen LogP contribution in [0.4, 0.5) is 0 Å². The molecule has 3 nitrogen and oxygen atoms in total. The van der Waals surface area contributed by atoms with Crippen LogP contribution in [0, 0.1) is 0 Å². The SMILES string of the molecule is CCC(NC(=O)c1ccc(Cl)s1)c1ccccc1OC. The van der Waals surface area contributed by atoms with Crippen LogP contribution in [-0.2, 0) is 0 Å². The summed E-state index contributed by atoms with van der Waals surface area (Å²) in [6.45, 7) is 2.03. The summed E-state index contributed by atoms with van der Waals surface area (Å²) >= 11 is 7.13. The summed E-state index contributed by atoms with van der Waals surface area (Å²) in [6, 6.07) is 11.1. The second kappa shape index (κ2) is 6.77. The molecule has 1 aromatic heterocycles. The largest absolute Gasteiger partial charge is 0.496 e. The van der Waals surface area contributed by atoms with Gasteiger partial charge in [0.15, 0.2) is 0 Å². The number of methoxy groups -OCH3 is 1. The molecule has 1 atom stereocenters. The van der Waals surface area contributed by atoms with E-state index in [1.807, 2.05) is 31.2 Å². The average Bonchev–Trinajstić information content (AvgIpc) is 2.91. The smallest absolute Gasteiger partial charge is 0.261 e. The van der Waals surface area contributed by atoms with E-state index in [9.17, 15) is 4.79 Å². The fourth-order valence-corrected chi connectivity index (χ4v) is 2.97. The van der Waals surface area contributed by atoms with E-state index in [0.717, 1.165) is 17.7 Å². The first-order valence-electron chi connectivity index (χ1n) is 6.34. The molecule has 0 saturated carbocycles. The zero-order chi connectivity index (χ0) is 14.5. The maximum Gasteiger partial charge on any atom is 0.261 e. The molecule has 2 rings (SSSR count). The Morgan fingerprint density at radius 3 is 2.70 bits per heavy atom. The Labute approximate surface area is 127 Å². The van der Waals surface area contributed by atoms with Gasteiger partial charge in [-0.05, 0) is 24.6 Å². The van der Waals surface area contributed by atoms with Gasteiger partial charge in [-0.3, -0.25) is 4.79 Å². The Kier molecular flexibility index (Phi) is 5.04. The van der Waals surface area contributed by atoms with E-state index in [4.69, 9.17) is 16.3 Å². The molecule has 20 heavy (non-hydrogen) atoms. The maximum atomic E-state index is 12.2. The summed E-state index contributed by atoms with van der Waals surface area (Å²) in [5, 5.41) is 3.02. The molecule has 1 heterocycles. The number of halogens is 1. The number of thiophene rings is 1. The van der Waals surface area contributed by atoms with Crippen molar-refractivity contribution in [3.63, 3.8) is 0 Å². The van der Waals surface area contributed by atoms with Crippen molar-refractivity contribution >= 4 is 28.8 Å². The van der Waals surface area contributed by atoms with E-state index in [1.54, 1.807) is 19.2 Å². The quantitative estimate of drug-likeness (QED) is 0.894. The molecule has 2 aromatic rings. The number of para-hydroxylation sites is 1. The molecule has 0 aliphatic rings. The summed E-state index contributed by atoms with van der Waals surface area (Å²) in [5.41, 5.74) is 0.980. The first-order chi connectivity index (χ1) is 9.65. The lowest BCUT2D eigenvalue weighted by atomic mass is 10.0. The Morgan fingerprint density at radius 2 is 2.10 bits per heavy atom. The number of nitrogens with one attached hydrogen (secondary N) is 1. The lowest BCUT2D eigenvalue weighted by molar-refractivity contribution is 0.0939. The number of carbonyl (C=O) groups excluding carboxylic acids is 1. The molecule has 0 spiro atoms. The van der Waals surface area contributed by atoms with Gasteiger partial charge in [0.05, 0.1) is 22.4 Å². The zero-order valence-corrected chi connectivity index (χ0v) is 12.9. The van der Waals surface area contributed by atoms with Crippen molar-refractivity contribution in [1.29, 1.82) is 0 Å². The fourth-order valence-electron chi connectivity index (χ4n) is 2.02. The molecule has 1 aromatic carbocycles. The van der Waals surface area contributed by atoms with Crippen LogP contribution >= 0.6 is 22.9 Å². The summed E-state index contributed by atoms with van der Waals surface area (Å²) in [6.07, 6.45) is 0.783. The second-order valence-electron chi connectivity index (χ2n) is 4.28.